The van der Waals surface area contributed by atoms with E-state index in [0.29, 0.717) is 6.54 Å². The lowest BCUT2D eigenvalue weighted by Crippen LogP contribution is -2.39. The summed E-state index contributed by atoms with van der Waals surface area (Å²) in [6, 6.07) is 5.52. The minimum Gasteiger partial charge on any atom is -0.330 e. The minimum atomic E-state index is -5.43. The Morgan fingerprint density at radius 2 is 1.81 bits per heavy atom. The fraction of sp³-hybridized carbons (Fsp3) is 0.412. The van der Waals surface area contributed by atoms with Crippen LogP contribution in [0.4, 0.5) is 13.2 Å². The number of alkyl halides is 3. The van der Waals surface area contributed by atoms with Crippen molar-refractivity contribution >= 4 is 15.7 Å². The third kappa shape index (κ3) is 3.58. The number of rotatable bonds is 3. The van der Waals surface area contributed by atoms with Crippen LogP contribution in [0, 0.1) is 0 Å². The van der Waals surface area contributed by atoms with Crippen LogP contribution in [0.5, 0.6) is 0 Å². The molecule has 1 atom stereocenters. The number of hydrogen-bond acceptors (Lipinski definition) is 4. The number of nitrogens with zero attached hydrogens (tertiary/aromatic N) is 3. The van der Waals surface area contributed by atoms with Gasteiger partial charge in [-0.25, -0.2) is 8.42 Å². The maximum Gasteiger partial charge on any atom is 0.501 e. The minimum absolute atomic E-state index is 0.144. The molecule has 27 heavy (non-hydrogen) atoms. The van der Waals surface area contributed by atoms with Crippen LogP contribution < -0.4 is 0 Å². The molecule has 1 aliphatic rings. The summed E-state index contributed by atoms with van der Waals surface area (Å²) in [6.45, 7) is 0.511. The number of aryl methyl sites for hydroxylation is 1. The Morgan fingerprint density at radius 1 is 1.15 bits per heavy atom. The quantitative estimate of drug-likeness (QED) is 0.792. The first kappa shape index (κ1) is 19.4. The monoisotopic (exact) mass is 401 g/mol. The van der Waals surface area contributed by atoms with Gasteiger partial charge in [0.1, 0.15) is 0 Å². The van der Waals surface area contributed by atoms with Crippen molar-refractivity contribution in [2.24, 2.45) is 7.05 Å². The lowest BCUT2D eigenvalue weighted by molar-refractivity contribution is -0.0436. The third-order valence-corrected chi connectivity index (χ3v) is 6.18. The third-order valence-electron chi connectivity index (χ3n) is 4.68. The highest BCUT2D eigenvalue weighted by molar-refractivity contribution is 7.92. The van der Waals surface area contributed by atoms with Crippen molar-refractivity contribution in [1.82, 2.24) is 14.7 Å². The molecule has 0 radical (unpaired) electrons. The van der Waals surface area contributed by atoms with Crippen LogP contribution in [0.2, 0.25) is 0 Å². The number of aromatic nitrogens is 2. The molecule has 1 aromatic carbocycles. The van der Waals surface area contributed by atoms with Crippen LogP contribution in [-0.4, -0.2) is 41.1 Å². The Morgan fingerprint density at radius 3 is 2.37 bits per heavy atom. The first-order valence-corrected chi connectivity index (χ1v) is 9.81. The van der Waals surface area contributed by atoms with Crippen LogP contribution in [0.25, 0.3) is 0 Å². The van der Waals surface area contributed by atoms with E-state index in [0.717, 1.165) is 49.2 Å². The highest BCUT2D eigenvalue weighted by Crippen LogP contribution is 2.33. The molecule has 1 aromatic heterocycles. The number of sulfone groups is 1. The Hall–Kier alpha value is -2.36. The van der Waals surface area contributed by atoms with Crippen LogP contribution in [0.1, 0.15) is 41.4 Å². The fourth-order valence-electron chi connectivity index (χ4n) is 3.27. The van der Waals surface area contributed by atoms with Crippen molar-refractivity contribution in [1.29, 1.82) is 0 Å². The molecule has 3 rings (SSSR count). The van der Waals surface area contributed by atoms with Crippen LogP contribution >= 0.6 is 0 Å². The van der Waals surface area contributed by atoms with E-state index in [1.165, 1.54) is 0 Å². The molecule has 0 unspecified atom stereocenters. The second-order valence-corrected chi connectivity index (χ2v) is 8.30. The second-order valence-electron chi connectivity index (χ2n) is 6.36. The van der Waals surface area contributed by atoms with Crippen molar-refractivity contribution in [3.63, 3.8) is 0 Å². The highest BCUT2D eigenvalue weighted by Gasteiger charge is 2.46. The van der Waals surface area contributed by atoms with Crippen molar-refractivity contribution in [2.45, 2.75) is 35.7 Å². The van der Waals surface area contributed by atoms with Crippen LogP contribution in [-0.2, 0) is 16.9 Å². The van der Waals surface area contributed by atoms with Gasteiger partial charge in [-0.3, -0.25) is 9.48 Å². The first-order valence-electron chi connectivity index (χ1n) is 8.33. The molecule has 1 aliphatic heterocycles. The molecule has 1 amide bonds. The Kier molecular flexibility index (Phi) is 5.02. The summed E-state index contributed by atoms with van der Waals surface area (Å²) in [7, 11) is -3.65. The number of likely N-dealkylation sites (tertiary alicyclic amines) is 1. The number of benzene rings is 1. The summed E-state index contributed by atoms with van der Waals surface area (Å²) in [5.41, 5.74) is -4.36. The molecule has 0 spiro atoms. The molecule has 146 valence electrons. The van der Waals surface area contributed by atoms with Gasteiger partial charge in [0.15, 0.2) is 0 Å². The summed E-state index contributed by atoms with van der Waals surface area (Å²) in [6.07, 6.45) is 4.16. The Labute approximate surface area is 154 Å². The van der Waals surface area contributed by atoms with Gasteiger partial charge in [-0.15, -0.1) is 0 Å². The summed E-state index contributed by atoms with van der Waals surface area (Å²) >= 11 is 0. The Bertz CT molecular complexity index is 936. The maximum absolute atomic E-state index is 12.9. The van der Waals surface area contributed by atoms with E-state index in [2.05, 4.69) is 5.10 Å². The van der Waals surface area contributed by atoms with E-state index in [1.54, 1.807) is 22.8 Å². The normalized spacial score (nSPS) is 18.5. The van der Waals surface area contributed by atoms with Gasteiger partial charge in [0, 0.05) is 25.4 Å². The SMILES string of the molecule is Cn1nccc1[C@H]1CCCCN1C(=O)c1ccc(S(=O)(=O)C(F)(F)F)cc1. The van der Waals surface area contributed by atoms with Crippen molar-refractivity contribution in [2.75, 3.05) is 6.54 Å². The first-order chi connectivity index (χ1) is 12.6. The van der Waals surface area contributed by atoms with Crippen molar-refractivity contribution < 1.29 is 26.4 Å². The number of hydrogen-bond donors (Lipinski definition) is 0. The lowest BCUT2D eigenvalue weighted by Gasteiger charge is -2.35. The van der Waals surface area contributed by atoms with E-state index in [4.69, 9.17) is 0 Å². The van der Waals surface area contributed by atoms with Gasteiger partial charge in [-0.2, -0.15) is 18.3 Å². The molecule has 0 N–H and O–H groups in total. The molecule has 0 aliphatic carbocycles. The van der Waals surface area contributed by atoms with Gasteiger partial charge in [0.25, 0.3) is 15.7 Å². The molecule has 1 fully saturated rings. The molecule has 10 heteroatoms. The largest absolute Gasteiger partial charge is 0.501 e. The van der Waals surface area contributed by atoms with Gasteiger partial charge in [-0.1, -0.05) is 0 Å². The summed E-state index contributed by atoms with van der Waals surface area (Å²) in [5, 5.41) is 4.13. The van der Waals surface area contributed by atoms with E-state index in [1.807, 2.05) is 6.07 Å². The number of piperidine rings is 1. The van der Waals surface area contributed by atoms with Gasteiger partial charge in [0.05, 0.1) is 16.6 Å². The predicted molar refractivity (Wildman–Crippen MR) is 90.5 cm³/mol. The van der Waals surface area contributed by atoms with Gasteiger partial charge < -0.3 is 4.90 Å². The standard InChI is InChI=1S/C17H18F3N3O3S/c1-22-14(9-10-21-22)15-4-2-3-11-23(15)16(24)12-5-7-13(8-6-12)27(25,26)17(18,19)20/h5-10,15H,2-4,11H2,1H3/t15-/m1/s1. The summed E-state index contributed by atoms with van der Waals surface area (Å²) in [5.74, 6) is -0.350. The molecule has 0 saturated carbocycles. The molecule has 0 bridgehead atoms. The van der Waals surface area contributed by atoms with E-state index >= 15 is 0 Å². The average molecular weight is 401 g/mol. The number of halogens is 3. The van der Waals surface area contributed by atoms with Crippen LogP contribution in [0.3, 0.4) is 0 Å². The molecular formula is C17H18F3N3O3S. The summed E-state index contributed by atoms with van der Waals surface area (Å²) < 4.78 is 62.5. The van der Waals surface area contributed by atoms with E-state index < -0.39 is 20.2 Å². The van der Waals surface area contributed by atoms with E-state index in [9.17, 15) is 26.4 Å². The zero-order valence-corrected chi connectivity index (χ0v) is 15.3. The van der Waals surface area contributed by atoms with Gasteiger partial charge in [-0.05, 0) is 49.6 Å². The maximum atomic E-state index is 12.9. The predicted octanol–water partition coefficient (Wildman–Crippen LogP) is 3.08. The average Bonchev–Trinajstić information content (AvgIpc) is 3.06. The van der Waals surface area contributed by atoms with Crippen molar-refractivity contribution in [3.05, 3.63) is 47.8 Å². The second kappa shape index (κ2) is 6.99. The highest BCUT2D eigenvalue weighted by atomic mass is 32.2. The fourth-order valence-corrected chi connectivity index (χ4v) is 4.03. The smallest absolute Gasteiger partial charge is 0.330 e. The molecular weight excluding hydrogens is 383 g/mol. The van der Waals surface area contributed by atoms with Gasteiger partial charge >= 0.3 is 5.51 Å². The topological polar surface area (TPSA) is 72.3 Å². The Balaban J connectivity index is 1.88. The van der Waals surface area contributed by atoms with Crippen molar-refractivity contribution in [3.8, 4) is 0 Å². The number of amides is 1. The van der Waals surface area contributed by atoms with Crippen LogP contribution in [0.15, 0.2) is 41.4 Å². The van der Waals surface area contributed by atoms with E-state index in [-0.39, 0.29) is 17.5 Å². The summed E-state index contributed by atoms with van der Waals surface area (Å²) in [4.78, 5) is 13.7. The lowest BCUT2D eigenvalue weighted by atomic mass is 9.98. The molecule has 6 nitrogen and oxygen atoms in total. The zero-order chi connectivity index (χ0) is 19.8. The van der Waals surface area contributed by atoms with Gasteiger partial charge in [0.2, 0.25) is 0 Å². The molecule has 1 saturated heterocycles. The number of carbonyl (C=O) groups excluding carboxylic acids is 1. The molecule has 2 heterocycles. The molecule has 2 aromatic rings. The zero-order valence-electron chi connectivity index (χ0n) is 14.5. The number of carbonyl (C=O) groups is 1.